The van der Waals surface area contributed by atoms with Crippen LogP contribution in [0.3, 0.4) is 0 Å². The van der Waals surface area contributed by atoms with Gasteiger partial charge in [0.05, 0.1) is 6.61 Å². The zero-order valence-corrected chi connectivity index (χ0v) is 11.5. The molecule has 0 atom stereocenters. The van der Waals surface area contributed by atoms with E-state index in [4.69, 9.17) is 10.00 Å². The Labute approximate surface area is 110 Å². The van der Waals surface area contributed by atoms with Crippen LogP contribution in [-0.2, 0) is 9.53 Å². The van der Waals surface area contributed by atoms with Gasteiger partial charge in [-0.25, -0.2) is 4.79 Å². The third-order valence-electron chi connectivity index (χ3n) is 2.22. The summed E-state index contributed by atoms with van der Waals surface area (Å²) in [6.07, 6.45) is 9.07. The van der Waals surface area contributed by atoms with Gasteiger partial charge < -0.3 is 9.64 Å². The van der Waals surface area contributed by atoms with Crippen molar-refractivity contribution in [2.24, 2.45) is 0 Å². The molecule has 0 aliphatic carbocycles. The third kappa shape index (κ3) is 8.40. The number of ether oxygens (including phenoxy) is 1. The van der Waals surface area contributed by atoms with Crippen molar-refractivity contribution in [2.45, 2.75) is 32.6 Å². The van der Waals surface area contributed by atoms with Gasteiger partial charge in [0, 0.05) is 14.1 Å². The van der Waals surface area contributed by atoms with Crippen LogP contribution in [0, 0.1) is 11.3 Å². The van der Waals surface area contributed by atoms with E-state index in [0.717, 1.165) is 25.7 Å². The summed E-state index contributed by atoms with van der Waals surface area (Å²) in [5, 5.41) is 8.84. The number of unbranched alkanes of at least 4 members (excludes halogenated alkanes) is 3. The highest BCUT2D eigenvalue weighted by atomic mass is 16.5. The van der Waals surface area contributed by atoms with Crippen molar-refractivity contribution in [1.29, 1.82) is 5.26 Å². The highest BCUT2D eigenvalue weighted by Gasteiger charge is 2.08. The molecule has 0 heterocycles. The molecule has 0 aromatic rings. The Morgan fingerprint density at radius 3 is 2.61 bits per heavy atom. The lowest BCUT2D eigenvalue weighted by atomic mass is 10.2. The molecule has 100 valence electrons. The second kappa shape index (κ2) is 10.4. The fourth-order valence-corrected chi connectivity index (χ4v) is 1.23. The molecule has 0 rings (SSSR count). The third-order valence-corrected chi connectivity index (χ3v) is 2.22. The van der Waals surface area contributed by atoms with Crippen LogP contribution >= 0.6 is 0 Å². The Balaban J connectivity index is 4.08. The van der Waals surface area contributed by atoms with Gasteiger partial charge in [-0.3, -0.25) is 0 Å². The molecule has 0 spiro atoms. The molecule has 0 aromatic carbocycles. The Kier molecular flexibility index (Phi) is 9.38. The fraction of sp³-hybridized carbons (Fsp3) is 0.571. The van der Waals surface area contributed by atoms with Crippen LogP contribution < -0.4 is 0 Å². The van der Waals surface area contributed by atoms with Crippen LogP contribution in [0.1, 0.15) is 32.6 Å². The number of nitrogens with zero attached hydrogens (tertiary/aromatic N) is 2. The molecular formula is C14H22N2O2. The first kappa shape index (κ1) is 16.2. The number of carbonyl (C=O) groups excluding carboxylic acids is 1. The van der Waals surface area contributed by atoms with Crippen LogP contribution in [-0.4, -0.2) is 31.6 Å². The lowest BCUT2D eigenvalue weighted by Crippen LogP contribution is -2.08. The minimum Gasteiger partial charge on any atom is -0.462 e. The van der Waals surface area contributed by atoms with E-state index in [1.165, 1.54) is 6.08 Å². The van der Waals surface area contributed by atoms with E-state index in [2.05, 4.69) is 6.92 Å². The van der Waals surface area contributed by atoms with Gasteiger partial charge in [-0.15, -0.1) is 0 Å². The average molecular weight is 250 g/mol. The van der Waals surface area contributed by atoms with Gasteiger partial charge in [0.2, 0.25) is 0 Å². The topological polar surface area (TPSA) is 53.3 Å². The standard InChI is InChI=1S/C14H22N2O2/c1-4-5-6-7-11-18-14(17)13(12-15)9-8-10-16(2)3/h8-10H,4-7,11H2,1-3H3. The van der Waals surface area contributed by atoms with Gasteiger partial charge >= 0.3 is 5.97 Å². The first-order chi connectivity index (χ1) is 8.61. The number of hydrogen-bond donors (Lipinski definition) is 0. The summed E-state index contributed by atoms with van der Waals surface area (Å²) in [5.74, 6) is -0.544. The number of rotatable bonds is 8. The summed E-state index contributed by atoms with van der Waals surface area (Å²) in [4.78, 5) is 13.3. The second-order valence-corrected chi connectivity index (χ2v) is 4.19. The maximum absolute atomic E-state index is 11.5. The van der Waals surface area contributed by atoms with Gasteiger partial charge in [-0.2, -0.15) is 5.26 Å². The summed E-state index contributed by atoms with van der Waals surface area (Å²) in [5.41, 5.74) is 0.0311. The molecule has 0 aromatic heterocycles. The van der Waals surface area contributed by atoms with Gasteiger partial charge in [-0.05, 0) is 24.8 Å². The van der Waals surface area contributed by atoms with Crippen molar-refractivity contribution in [1.82, 2.24) is 4.90 Å². The Hall–Kier alpha value is -1.76. The highest BCUT2D eigenvalue weighted by molar-refractivity contribution is 5.93. The van der Waals surface area contributed by atoms with E-state index in [1.807, 2.05) is 25.1 Å². The van der Waals surface area contributed by atoms with Gasteiger partial charge in [-0.1, -0.05) is 26.2 Å². The summed E-state index contributed by atoms with van der Waals surface area (Å²) in [6.45, 7) is 2.51. The zero-order valence-electron chi connectivity index (χ0n) is 11.5. The van der Waals surface area contributed by atoms with Gasteiger partial charge in [0.1, 0.15) is 11.6 Å². The van der Waals surface area contributed by atoms with Crippen LogP contribution in [0.15, 0.2) is 23.9 Å². The Morgan fingerprint density at radius 2 is 2.06 bits per heavy atom. The van der Waals surface area contributed by atoms with Crippen molar-refractivity contribution in [3.05, 3.63) is 23.9 Å². The van der Waals surface area contributed by atoms with Crippen LogP contribution in [0.5, 0.6) is 0 Å². The molecule has 4 heteroatoms. The summed E-state index contributed by atoms with van der Waals surface area (Å²) in [7, 11) is 3.73. The lowest BCUT2D eigenvalue weighted by Gasteiger charge is -2.03. The maximum atomic E-state index is 11.5. The van der Waals surface area contributed by atoms with Crippen molar-refractivity contribution < 1.29 is 9.53 Å². The molecule has 0 fully saturated rings. The summed E-state index contributed by atoms with van der Waals surface area (Å²) in [6, 6.07) is 1.84. The zero-order chi connectivity index (χ0) is 13.8. The van der Waals surface area contributed by atoms with E-state index < -0.39 is 5.97 Å². The number of nitriles is 1. The fourth-order valence-electron chi connectivity index (χ4n) is 1.23. The molecule has 0 amide bonds. The molecule has 4 nitrogen and oxygen atoms in total. The van der Waals surface area contributed by atoms with Gasteiger partial charge in [0.25, 0.3) is 0 Å². The van der Waals surface area contributed by atoms with Crippen molar-refractivity contribution in [2.75, 3.05) is 20.7 Å². The van der Waals surface area contributed by atoms with Crippen LogP contribution in [0.2, 0.25) is 0 Å². The second-order valence-electron chi connectivity index (χ2n) is 4.19. The molecule has 0 radical (unpaired) electrons. The molecule has 0 N–H and O–H groups in total. The van der Waals surface area contributed by atoms with Gasteiger partial charge in [0.15, 0.2) is 0 Å². The average Bonchev–Trinajstić information content (AvgIpc) is 2.33. The molecule has 0 saturated carbocycles. The van der Waals surface area contributed by atoms with E-state index >= 15 is 0 Å². The summed E-state index contributed by atoms with van der Waals surface area (Å²) >= 11 is 0. The number of allylic oxidation sites excluding steroid dienone is 2. The molecule has 0 aliphatic rings. The monoisotopic (exact) mass is 250 g/mol. The highest BCUT2D eigenvalue weighted by Crippen LogP contribution is 2.02. The summed E-state index contributed by atoms with van der Waals surface area (Å²) < 4.78 is 5.02. The van der Waals surface area contributed by atoms with Crippen molar-refractivity contribution in [3.8, 4) is 6.07 Å². The van der Waals surface area contributed by atoms with Crippen molar-refractivity contribution in [3.63, 3.8) is 0 Å². The molecule has 0 unspecified atom stereocenters. The van der Waals surface area contributed by atoms with Crippen molar-refractivity contribution >= 4 is 5.97 Å². The van der Waals surface area contributed by atoms with E-state index in [0.29, 0.717) is 6.61 Å². The predicted molar refractivity (Wildman–Crippen MR) is 71.6 cm³/mol. The minimum absolute atomic E-state index is 0.0311. The predicted octanol–water partition coefficient (Wildman–Crippen LogP) is 2.64. The lowest BCUT2D eigenvalue weighted by molar-refractivity contribution is -0.138. The maximum Gasteiger partial charge on any atom is 0.348 e. The first-order valence-electron chi connectivity index (χ1n) is 6.24. The Bertz CT molecular complexity index is 338. The Morgan fingerprint density at radius 1 is 1.33 bits per heavy atom. The molecule has 0 bridgehead atoms. The van der Waals surface area contributed by atoms with E-state index in [1.54, 1.807) is 12.3 Å². The molecular weight excluding hydrogens is 228 g/mol. The van der Waals surface area contributed by atoms with E-state index in [9.17, 15) is 4.79 Å². The SMILES string of the molecule is CCCCCCOC(=O)C(C#N)=CC=CN(C)C. The number of esters is 1. The number of hydrogen-bond acceptors (Lipinski definition) is 4. The van der Waals surface area contributed by atoms with E-state index in [-0.39, 0.29) is 5.57 Å². The molecule has 0 aliphatic heterocycles. The molecule has 18 heavy (non-hydrogen) atoms. The number of carbonyl (C=O) groups is 1. The normalized spacial score (nSPS) is 11.3. The largest absolute Gasteiger partial charge is 0.462 e. The molecule has 0 saturated heterocycles. The first-order valence-corrected chi connectivity index (χ1v) is 6.24. The minimum atomic E-state index is -0.544. The quantitative estimate of drug-likeness (QED) is 0.218. The van der Waals surface area contributed by atoms with Crippen LogP contribution in [0.4, 0.5) is 0 Å². The smallest absolute Gasteiger partial charge is 0.348 e. The van der Waals surface area contributed by atoms with Crippen LogP contribution in [0.25, 0.3) is 0 Å².